The minimum atomic E-state index is -0.801. The van der Waals surface area contributed by atoms with Crippen molar-refractivity contribution in [2.24, 2.45) is 5.92 Å². The predicted molar refractivity (Wildman–Crippen MR) is 75.4 cm³/mol. The van der Waals surface area contributed by atoms with E-state index in [-0.39, 0.29) is 0 Å². The second kappa shape index (κ2) is 7.46. The number of likely N-dealkylation sites (tertiary alicyclic amines) is 1. The maximum absolute atomic E-state index is 10.9. The van der Waals surface area contributed by atoms with Gasteiger partial charge in [0.25, 0.3) is 0 Å². The first kappa shape index (κ1) is 15.1. The summed E-state index contributed by atoms with van der Waals surface area (Å²) < 4.78 is 0. The van der Waals surface area contributed by atoms with Crippen LogP contribution in [0.25, 0.3) is 0 Å². The van der Waals surface area contributed by atoms with Crippen LogP contribution in [0, 0.1) is 17.2 Å². The molecule has 2 aliphatic heterocycles. The molecule has 6 heteroatoms. The fourth-order valence-corrected chi connectivity index (χ4v) is 3.20. The van der Waals surface area contributed by atoms with Crippen LogP contribution in [0.1, 0.15) is 19.3 Å². The van der Waals surface area contributed by atoms with Crippen molar-refractivity contribution >= 4 is 6.09 Å². The molecule has 2 fully saturated rings. The molecule has 6 nitrogen and oxygen atoms in total. The molecule has 0 aromatic carbocycles. The summed E-state index contributed by atoms with van der Waals surface area (Å²) in [6, 6.07) is 2.21. The van der Waals surface area contributed by atoms with Gasteiger partial charge >= 0.3 is 6.09 Å². The van der Waals surface area contributed by atoms with E-state index in [0.717, 1.165) is 39.3 Å². The zero-order valence-corrected chi connectivity index (χ0v) is 12.0. The first-order valence-corrected chi connectivity index (χ1v) is 7.48. The highest BCUT2D eigenvalue weighted by Gasteiger charge is 2.25. The average molecular weight is 280 g/mol. The summed E-state index contributed by atoms with van der Waals surface area (Å²) in [7, 11) is 0. The lowest BCUT2D eigenvalue weighted by atomic mass is 9.97. The van der Waals surface area contributed by atoms with Crippen LogP contribution in [0.2, 0.25) is 0 Å². The van der Waals surface area contributed by atoms with Gasteiger partial charge in [-0.1, -0.05) is 0 Å². The molecular weight excluding hydrogens is 256 g/mol. The van der Waals surface area contributed by atoms with E-state index in [9.17, 15) is 4.79 Å². The number of hydrogen-bond acceptors (Lipinski definition) is 4. The van der Waals surface area contributed by atoms with Gasteiger partial charge in [0.2, 0.25) is 0 Å². The van der Waals surface area contributed by atoms with Gasteiger partial charge in [-0.2, -0.15) is 5.26 Å². The second-order valence-corrected chi connectivity index (χ2v) is 5.79. The Morgan fingerprint density at radius 2 is 1.95 bits per heavy atom. The highest BCUT2D eigenvalue weighted by molar-refractivity contribution is 5.65. The normalized spacial score (nSPS) is 25.4. The third-order valence-corrected chi connectivity index (χ3v) is 4.30. The van der Waals surface area contributed by atoms with Crippen molar-refractivity contribution in [3.05, 3.63) is 0 Å². The van der Waals surface area contributed by atoms with Gasteiger partial charge in [-0.25, -0.2) is 4.79 Å². The summed E-state index contributed by atoms with van der Waals surface area (Å²) >= 11 is 0. The predicted octanol–water partition coefficient (Wildman–Crippen LogP) is 0.908. The molecule has 2 heterocycles. The molecule has 0 spiro atoms. The third kappa shape index (κ3) is 4.36. The van der Waals surface area contributed by atoms with E-state index in [1.54, 1.807) is 0 Å². The number of carbonyl (C=O) groups is 1. The van der Waals surface area contributed by atoms with Gasteiger partial charge in [-0.15, -0.1) is 0 Å². The van der Waals surface area contributed by atoms with Gasteiger partial charge in [0.15, 0.2) is 0 Å². The quantitative estimate of drug-likeness (QED) is 0.828. The zero-order valence-electron chi connectivity index (χ0n) is 12.0. The minimum absolute atomic E-state index is 0.615. The van der Waals surface area contributed by atoms with Crippen LogP contribution in [0.15, 0.2) is 0 Å². The van der Waals surface area contributed by atoms with Crippen LogP contribution >= 0.6 is 0 Å². The summed E-state index contributed by atoms with van der Waals surface area (Å²) in [5.41, 5.74) is 0. The Morgan fingerprint density at radius 1 is 1.20 bits per heavy atom. The van der Waals surface area contributed by atoms with Crippen molar-refractivity contribution in [3.63, 3.8) is 0 Å². The Hall–Kier alpha value is -1.32. The second-order valence-electron chi connectivity index (χ2n) is 5.79. The summed E-state index contributed by atoms with van der Waals surface area (Å²) in [5, 5.41) is 17.6. The van der Waals surface area contributed by atoms with Crippen LogP contribution in [-0.4, -0.2) is 78.3 Å². The number of nitrogens with zero attached hydrogens (tertiary/aromatic N) is 4. The highest BCUT2D eigenvalue weighted by atomic mass is 16.4. The van der Waals surface area contributed by atoms with Crippen molar-refractivity contribution in [2.45, 2.75) is 19.3 Å². The van der Waals surface area contributed by atoms with Crippen LogP contribution in [0.4, 0.5) is 4.79 Å². The molecular formula is C14H24N4O2. The summed E-state index contributed by atoms with van der Waals surface area (Å²) in [4.78, 5) is 17.1. The van der Waals surface area contributed by atoms with Crippen LogP contribution < -0.4 is 0 Å². The summed E-state index contributed by atoms with van der Waals surface area (Å²) in [6.07, 6.45) is 2.28. The highest BCUT2D eigenvalue weighted by Crippen LogP contribution is 2.18. The molecule has 1 amide bonds. The molecule has 0 aromatic heterocycles. The van der Waals surface area contributed by atoms with Gasteiger partial charge in [-0.05, 0) is 25.3 Å². The molecule has 1 unspecified atom stereocenters. The van der Waals surface area contributed by atoms with Crippen molar-refractivity contribution < 1.29 is 9.90 Å². The third-order valence-electron chi connectivity index (χ3n) is 4.30. The Bertz CT molecular complexity index is 361. The van der Waals surface area contributed by atoms with Crippen molar-refractivity contribution in [1.82, 2.24) is 14.7 Å². The lowest BCUT2D eigenvalue weighted by Gasteiger charge is -2.38. The molecule has 2 aliphatic rings. The lowest BCUT2D eigenvalue weighted by molar-refractivity contribution is 0.0832. The van der Waals surface area contributed by atoms with Crippen LogP contribution in [-0.2, 0) is 0 Å². The van der Waals surface area contributed by atoms with E-state index in [1.807, 2.05) is 0 Å². The standard InChI is InChI=1S/C14H24N4O2/c15-4-2-6-16-5-1-3-13(11-16)12-17-7-9-18(10-8-17)14(19)20/h13H,1-3,5-12H2,(H,19,20). The fraction of sp³-hybridized carbons (Fsp3) is 0.857. The van der Waals surface area contributed by atoms with Gasteiger partial charge < -0.3 is 14.9 Å². The van der Waals surface area contributed by atoms with E-state index in [4.69, 9.17) is 10.4 Å². The average Bonchev–Trinajstić information content (AvgIpc) is 2.46. The monoisotopic (exact) mass is 280 g/mol. The van der Waals surface area contributed by atoms with Gasteiger partial charge in [0.05, 0.1) is 6.07 Å². The van der Waals surface area contributed by atoms with Gasteiger partial charge in [0, 0.05) is 52.2 Å². The van der Waals surface area contributed by atoms with E-state index in [0.29, 0.717) is 25.4 Å². The minimum Gasteiger partial charge on any atom is -0.465 e. The van der Waals surface area contributed by atoms with Crippen molar-refractivity contribution in [1.29, 1.82) is 5.26 Å². The lowest BCUT2D eigenvalue weighted by Crippen LogP contribution is -2.50. The van der Waals surface area contributed by atoms with Crippen molar-refractivity contribution in [2.75, 3.05) is 52.4 Å². The summed E-state index contributed by atoms with van der Waals surface area (Å²) in [5.74, 6) is 0.666. The number of rotatable bonds is 4. The maximum atomic E-state index is 10.9. The molecule has 112 valence electrons. The molecule has 1 N–H and O–H groups in total. The Kier molecular flexibility index (Phi) is 5.62. The molecule has 0 aromatic rings. The molecule has 2 saturated heterocycles. The SMILES string of the molecule is N#CCCN1CCCC(CN2CCN(C(=O)O)CC2)C1. The van der Waals surface area contributed by atoms with E-state index >= 15 is 0 Å². The number of amides is 1. The number of piperazine rings is 1. The van der Waals surface area contributed by atoms with Crippen LogP contribution in [0.5, 0.6) is 0 Å². The van der Waals surface area contributed by atoms with Crippen molar-refractivity contribution in [3.8, 4) is 6.07 Å². The van der Waals surface area contributed by atoms with Gasteiger partial charge in [-0.3, -0.25) is 4.90 Å². The largest absolute Gasteiger partial charge is 0.465 e. The fourth-order valence-electron chi connectivity index (χ4n) is 3.20. The molecule has 0 radical (unpaired) electrons. The maximum Gasteiger partial charge on any atom is 0.407 e. The molecule has 2 rings (SSSR count). The molecule has 0 saturated carbocycles. The number of nitriles is 1. The summed E-state index contributed by atoms with van der Waals surface area (Å²) in [6.45, 7) is 7.10. The Balaban J connectivity index is 1.71. The Morgan fingerprint density at radius 3 is 2.60 bits per heavy atom. The topological polar surface area (TPSA) is 70.8 Å². The number of piperidine rings is 1. The molecule has 0 bridgehead atoms. The molecule has 1 atom stereocenters. The number of carboxylic acid groups (broad SMARTS) is 1. The first-order valence-electron chi connectivity index (χ1n) is 7.48. The van der Waals surface area contributed by atoms with Crippen LogP contribution in [0.3, 0.4) is 0 Å². The zero-order chi connectivity index (χ0) is 14.4. The Labute approximate surface area is 120 Å². The molecule has 20 heavy (non-hydrogen) atoms. The number of hydrogen-bond donors (Lipinski definition) is 1. The first-order chi connectivity index (χ1) is 9.69. The smallest absolute Gasteiger partial charge is 0.407 e. The van der Waals surface area contributed by atoms with E-state index in [1.165, 1.54) is 17.7 Å². The van der Waals surface area contributed by atoms with Gasteiger partial charge in [0.1, 0.15) is 0 Å². The van der Waals surface area contributed by atoms with E-state index in [2.05, 4.69) is 15.9 Å². The van der Waals surface area contributed by atoms with E-state index < -0.39 is 6.09 Å². The molecule has 0 aliphatic carbocycles.